The molecule has 2 aromatic rings. The van der Waals surface area contributed by atoms with Crippen LogP contribution < -0.4 is 16.0 Å². The molecule has 0 aliphatic heterocycles. The number of rotatable bonds is 6. The zero-order valence-electron chi connectivity index (χ0n) is 18.1. The van der Waals surface area contributed by atoms with Crippen LogP contribution in [0.2, 0.25) is 0 Å². The number of carbonyl (C=O) groups is 1. The highest BCUT2D eigenvalue weighted by atomic mass is 127. The van der Waals surface area contributed by atoms with Gasteiger partial charge in [0, 0.05) is 38.2 Å². The summed E-state index contributed by atoms with van der Waals surface area (Å²) in [4.78, 5) is 15.5. The van der Waals surface area contributed by atoms with E-state index in [9.17, 15) is 18.0 Å². The van der Waals surface area contributed by atoms with Gasteiger partial charge in [0.05, 0.1) is 5.56 Å². The molecule has 2 aromatic carbocycles. The van der Waals surface area contributed by atoms with E-state index in [1.807, 2.05) is 24.3 Å². The lowest BCUT2D eigenvalue weighted by molar-refractivity contribution is -0.137. The number of anilines is 1. The third-order valence-corrected chi connectivity index (χ3v) is 5.64. The molecule has 9 heteroatoms. The number of amides is 1. The lowest BCUT2D eigenvalue weighted by atomic mass is 9.64. The smallest absolute Gasteiger partial charge is 0.356 e. The lowest BCUT2D eigenvalue weighted by Gasteiger charge is -2.43. The van der Waals surface area contributed by atoms with Crippen LogP contribution in [0, 0.1) is 0 Å². The summed E-state index contributed by atoms with van der Waals surface area (Å²) in [7, 11) is 1.65. The second-order valence-corrected chi connectivity index (χ2v) is 7.87. The predicted molar refractivity (Wildman–Crippen MR) is 131 cm³/mol. The number of hydrogen-bond donors (Lipinski definition) is 3. The summed E-state index contributed by atoms with van der Waals surface area (Å²) in [6, 6.07) is 13.1. The molecule has 0 radical (unpaired) electrons. The van der Waals surface area contributed by atoms with Gasteiger partial charge in [-0.25, -0.2) is 0 Å². The third-order valence-electron chi connectivity index (χ3n) is 5.64. The van der Waals surface area contributed by atoms with E-state index in [0.717, 1.165) is 30.9 Å². The Balaban J connectivity index is 0.00000363. The molecule has 0 bridgehead atoms. The van der Waals surface area contributed by atoms with Crippen LogP contribution in [-0.4, -0.2) is 25.5 Å². The van der Waals surface area contributed by atoms with Crippen LogP contribution in [0.5, 0.6) is 0 Å². The van der Waals surface area contributed by atoms with Crippen LogP contribution in [0.25, 0.3) is 0 Å². The molecule has 1 aliphatic rings. The van der Waals surface area contributed by atoms with E-state index in [2.05, 4.69) is 20.9 Å². The Labute approximate surface area is 203 Å². The van der Waals surface area contributed by atoms with Crippen LogP contribution in [0.3, 0.4) is 0 Å². The quantitative estimate of drug-likeness (QED) is 0.263. The Bertz CT molecular complexity index is 958. The maximum atomic E-state index is 13.1. The van der Waals surface area contributed by atoms with Crippen molar-refractivity contribution in [1.82, 2.24) is 10.6 Å². The second kappa shape index (κ2) is 11.0. The Morgan fingerprint density at radius 1 is 1.09 bits per heavy atom. The molecule has 1 aliphatic carbocycles. The van der Waals surface area contributed by atoms with E-state index in [0.29, 0.717) is 30.3 Å². The standard InChI is InChI=1S/C23H27F3N4O.HI/c1-16(31)30-20-9-3-6-17(12-20)14-28-21(27-2)29-15-22(10-5-11-22)18-7-4-8-19(13-18)23(24,25)26;/h3-4,6-9,12-13H,5,10-11,14-15H2,1-2H3,(H,30,31)(H2,27,28,29);1H. The number of nitrogens with one attached hydrogen (secondary N) is 3. The first-order valence-electron chi connectivity index (χ1n) is 10.2. The normalized spacial score (nSPS) is 15.2. The van der Waals surface area contributed by atoms with E-state index in [4.69, 9.17) is 0 Å². The maximum absolute atomic E-state index is 13.1. The molecule has 0 unspecified atom stereocenters. The van der Waals surface area contributed by atoms with Crippen LogP contribution in [0.1, 0.15) is 42.9 Å². The van der Waals surface area contributed by atoms with Crippen molar-refractivity contribution in [3.8, 4) is 0 Å². The van der Waals surface area contributed by atoms with Gasteiger partial charge in [0.15, 0.2) is 5.96 Å². The molecule has 0 aromatic heterocycles. The highest BCUT2D eigenvalue weighted by Crippen LogP contribution is 2.44. The van der Waals surface area contributed by atoms with Gasteiger partial charge in [0.2, 0.25) is 5.91 Å². The summed E-state index contributed by atoms with van der Waals surface area (Å²) >= 11 is 0. The van der Waals surface area contributed by atoms with Crippen LogP contribution in [0.15, 0.2) is 53.5 Å². The van der Waals surface area contributed by atoms with Gasteiger partial charge in [0.1, 0.15) is 0 Å². The number of halogens is 4. The molecule has 1 amide bonds. The lowest BCUT2D eigenvalue weighted by Crippen LogP contribution is -2.48. The number of carbonyl (C=O) groups excluding carboxylic acids is 1. The molecular weight excluding hydrogens is 532 g/mol. The summed E-state index contributed by atoms with van der Waals surface area (Å²) in [5.74, 6) is 0.436. The van der Waals surface area contributed by atoms with Crippen LogP contribution in [-0.2, 0) is 22.9 Å². The van der Waals surface area contributed by atoms with Crippen LogP contribution >= 0.6 is 24.0 Å². The van der Waals surface area contributed by atoms with E-state index in [1.165, 1.54) is 19.1 Å². The Hall–Kier alpha value is -2.30. The third kappa shape index (κ3) is 6.60. The van der Waals surface area contributed by atoms with Crippen molar-refractivity contribution in [3.05, 3.63) is 65.2 Å². The molecule has 3 N–H and O–H groups in total. The molecule has 1 saturated carbocycles. The van der Waals surface area contributed by atoms with Crippen molar-refractivity contribution in [3.63, 3.8) is 0 Å². The molecule has 0 atom stereocenters. The molecular formula is C23H28F3IN4O. The zero-order valence-corrected chi connectivity index (χ0v) is 20.4. The van der Waals surface area contributed by atoms with Crippen molar-refractivity contribution in [2.24, 2.45) is 4.99 Å². The molecule has 174 valence electrons. The number of nitrogens with zero attached hydrogens (tertiary/aromatic N) is 1. The van der Waals surface area contributed by atoms with Gasteiger partial charge in [-0.1, -0.05) is 36.8 Å². The Morgan fingerprint density at radius 3 is 2.41 bits per heavy atom. The predicted octanol–water partition coefficient (Wildman–Crippen LogP) is 5.07. The molecule has 1 fully saturated rings. The number of guanidine groups is 1. The van der Waals surface area contributed by atoms with E-state index in [1.54, 1.807) is 13.1 Å². The van der Waals surface area contributed by atoms with Gasteiger partial charge in [-0.15, -0.1) is 24.0 Å². The van der Waals surface area contributed by atoms with Gasteiger partial charge in [0.25, 0.3) is 0 Å². The van der Waals surface area contributed by atoms with Gasteiger partial charge in [-0.3, -0.25) is 9.79 Å². The number of hydrogen-bond acceptors (Lipinski definition) is 2. The second-order valence-electron chi connectivity index (χ2n) is 7.87. The molecule has 3 rings (SSSR count). The van der Waals surface area contributed by atoms with Gasteiger partial charge in [-0.05, 0) is 42.2 Å². The van der Waals surface area contributed by atoms with Crippen molar-refractivity contribution in [2.75, 3.05) is 18.9 Å². The monoisotopic (exact) mass is 560 g/mol. The van der Waals surface area contributed by atoms with E-state index in [-0.39, 0.29) is 35.3 Å². The van der Waals surface area contributed by atoms with Crippen molar-refractivity contribution < 1.29 is 18.0 Å². The molecule has 0 saturated heterocycles. The fraction of sp³-hybridized carbons (Fsp3) is 0.391. The fourth-order valence-corrected chi connectivity index (χ4v) is 3.82. The molecule has 0 spiro atoms. The van der Waals surface area contributed by atoms with Crippen LogP contribution in [0.4, 0.5) is 18.9 Å². The first-order valence-corrected chi connectivity index (χ1v) is 10.2. The number of benzene rings is 2. The fourth-order valence-electron chi connectivity index (χ4n) is 3.82. The Morgan fingerprint density at radius 2 is 1.81 bits per heavy atom. The molecule has 0 heterocycles. The molecule has 32 heavy (non-hydrogen) atoms. The topological polar surface area (TPSA) is 65.5 Å². The minimum atomic E-state index is -4.35. The van der Waals surface area contributed by atoms with E-state index >= 15 is 0 Å². The van der Waals surface area contributed by atoms with Crippen molar-refractivity contribution in [1.29, 1.82) is 0 Å². The first-order chi connectivity index (χ1) is 14.7. The Kier molecular flexibility index (Phi) is 8.94. The molecule has 5 nitrogen and oxygen atoms in total. The number of aliphatic imine (C=N–C) groups is 1. The zero-order chi connectivity index (χ0) is 22.5. The largest absolute Gasteiger partial charge is 0.416 e. The minimum Gasteiger partial charge on any atom is -0.356 e. The highest BCUT2D eigenvalue weighted by Gasteiger charge is 2.40. The maximum Gasteiger partial charge on any atom is 0.416 e. The minimum absolute atomic E-state index is 0. The van der Waals surface area contributed by atoms with Crippen molar-refractivity contribution in [2.45, 2.75) is 44.3 Å². The number of alkyl halides is 3. The first kappa shape index (κ1) is 26.0. The summed E-state index contributed by atoms with van der Waals surface area (Å²) in [6.45, 7) is 2.45. The summed E-state index contributed by atoms with van der Waals surface area (Å²) in [5.41, 5.74) is 1.44. The average Bonchev–Trinajstić information content (AvgIpc) is 2.69. The van der Waals surface area contributed by atoms with Gasteiger partial charge < -0.3 is 16.0 Å². The summed E-state index contributed by atoms with van der Waals surface area (Å²) in [6.07, 6.45) is -1.70. The van der Waals surface area contributed by atoms with Gasteiger partial charge >= 0.3 is 6.18 Å². The van der Waals surface area contributed by atoms with Gasteiger partial charge in [-0.2, -0.15) is 13.2 Å². The van der Waals surface area contributed by atoms with Crippen molar-refractivity contribution >= 4 is 41.5 Å². The summed E-state index contributed by atoms with van der Waals surface area (Å²) < 4.78 is 39.4. The summed E-state index contributed by atoms with van der Waals surface area (Å²) in [5, 5.41) is 9.24. The van der Waals surface area contributed by atoms with E-state index < -0.39 is 11.7 Å². The SMILES string of the molecule is CN=C(NCc1cccc(NC(C)=O)c1)NCC1(c2cccc(C(F)(F)F)c2)CCC1.I. The average molecular weight is 560 g/mol. The highest BCUT2D eigenvalue weighted by molar-refractivity contribution is 14.0.